The molecule has 0 heterocycles. The van der Waals surface area contributed by atoms with Gasteiger partial charge in [0.25, 0.3) is 0 Å². The molecular weight excluding hydrogens is 406 g/mol. The normalized spacial score (nSPS) is 10.9. The van der Waals surface area contributed by atoms with Crippen molar-refractivity contribution in [3.05, 3.63) is 71.8 Å². The van der Waals surface area contributed by atoms with Crippen molar-refractivity contribution < 1.29 is 123 Å². The number of fused-ring (bicyclic) bond motifs is 2. The summed E-state index contributed by atoms with van der Waals surface area (Å²) in [5.41, 5.74) is 0.292. The van der Waals surface area contributed by atoms with Crippen LogP contribution in [0.2, 0.25) is 0 Å². The fraction of sp³-hybridized carbons (Fsp3) is 0. The van der Waals surface area contributed by atoms with Crippen LogP contribution >= 0.6 is 0 Å². The van der Waals surface area contributed by atoms with E-state index in [9.17, 15) is 19.8 Å². The standard InChI is InChI=1S/C22H12O4.2K/c23-21(24)17-9-8-16-12-4-2-6-14-18(22(25)26)10-7-15(20(12)14)11-3-1-5-13(17)19(11)16;;/h1-10H,(H,23,24)(H,25,26);;/q;2*+1/p-2. The molecule has 5 aromatic rings. The molecule has 5 aromatic carbocycles. The van der Waals surface area contributed by atoms with Crippen molar-refractivity contribution in [3.8, 4) is 0 Å². The number of carbonyl (C=O) groups is 2. The molecule has 0 amide bonds. The molecule has 0 N–H and O–H groups in total. The summed E-state index contributed by atoms with van der Waals surface area (Å²) in [6.45, 7) is 0. The van der Waals surface area contributed by atoms with E-state index in [1.165, 1.54) is 0 Å². The monoisotopic (exact) mass is 416 g/mol. The minimum atomic E-state index is -1.22. The summed E-state index contributed by atoms with van der Waals surface area (Å²) >= 11 is 0. The van der Waals surface area contributed by atoms with Gasteiger partial charge in [0.05, 0.1) is 11.9 Å². The molecule has 0 aliphatic heterocycles. The predicted octanol–water partition coefficient (Wildman–Crippen LogP) is -3.53. The summed E-state index contributed by atoms with van der Waals surface area (Å²) in [6.07, 6.45) is 0. The van der Waals surface area contributed by atoms with Crippen LogP contribution in [-0.4, -0.2) is 11.9 Å². The van der Waals surface area contributed by atoms with E-state index in [2.05, 4.69) is 0 Å². The van der Waals surface area contributed by atoms with E-state index in [4.69, 9.17) is 0 Å². The number of hydrogen-bond acceptors (Lipinski definition) is 4. The Morgan fingerprint density at radius 1 is 0.500 bits per heavy atom. The van der Waals surface area contributed by atoms with Crippen molar-refractivity contribution in [1.29, 1.82) is 0 Å². The topological polar surface area (TPSA) is 80.3 Å². The number of carboxylic acid groups (broad SMARTS) is 2. The molecule has 28 heavy (non-hydrogen) atoms. The molecule has 0 saturated heterocycles. The second-order valence-corrected chi connectivity index (χ2v) is 6.35. The first-order valence-corrected chi connectivity index (χ1v) is 8.13. The Hall–Kier alpha value is -0.387. The second kappa shape index (κ2) is 8.39. The van der Waals surface area contributed by atoms with Gasteiger partial charge in [0.15, 0.2) is 0 Å². The maximum atomic E-state index is 11.5. The quantitative estimate of drug-likeness (QED) is 0.170. The van der Waals surface area contributed by atoms with Crippen molar-refractivity contribution >= 4 is 55.0 Å². The smallest absolute Gasteiger partial charge is 0.545 e. The molecule has 124 valence electrons. The van der Waals surface area contributed by atoms with Gasteiger partial charge in [-0.05, 0) is 43.1 Å². The van der Waals surface area contributed by atoms with Crippen molar-refractivity contribution in [2.24, 2.45) is 0 Å². The van der Waals surface area contributed by atoms with Crippen LogP contribution in [0, 0.1) is 0 Å². The van der Waals surface area contributed by atoms with Crippen LogP contribution in [0.4, 0.5) is 0 Å². The Labute approximate surface area is 245 Å². The molecular formula is C22H10K2O4. The molecule has 0 aromatic heterocycles. The molecule has 0 unspecified atom stereocenters. The molecule has 0 fully saturated rings. The van der Waals surface area contributed by atoms with Crippen LogP contribution in [0.5, 0.6) is 0 Å². The summed E-state index contributed by atoms with van der Waals surface area (Å²) < 4.78 is 0. The van der Waals surface area contributed by atoms with Crippen LogP contribution in [0.3, 0.4) is 0 Å². The molecule has 5 rings (SSSR count). The van der Waals surface area contributed by atoms with Crippen molar-refractivity contribution in [3.63, 3.8) is 0 Å². The van der Waals surface area contributed by atoms with Crippen LogP contribution in [-0.2, 0) is 0 Å². The summed E-state index contributed by atoms with van der Waals surface area (Å²) in [7, 11) is 0. The third-order valence-corrected chi connectivity index (χ3v) is 5.10. The third-order valence-electron chi connectivity index (χ3n) is 5.10. The maximum Gasteiger partial charge on any atom is 1.00 e. The van der Waals surface area contributed by atoms with Gasteiger partial charge in [0.1, 0.15) is 0 Å². The fourth-order valence-electron chi connectivity index (χ4n) is 4.07. The molecule has 0 saturated carbocycles. The van der Waals surface area contributed by atoms with Crippen molar-refractivity contribution in [2.45, 2.75) is 0 Å². The van der Waals surface area contributed by atoms with Crippen LogP contribution in [0.25, 0.3) is 43.1 Å². The first-order valence-electron chi connectivity index (χ1n) is 8.13. The zero-order valence-corrected chi connectivity index (χ0v) is 21.7. The van der Waals surface area contributed by atoms with Crippen LogP contribution in [0.1, 0.15) is 20.7 Å². The number of carbonyl (C=O) groups excluding carboxylic acids is 2. The maximum absolute atomic E-state index is 11.5. The number of benzene rings is 5. The Kier molecular flexibility index (Phi) is 6.68. The Bertz CT molecular complexity index is 1260. The van der Waals surface area contributed by atoms with Gasteiger partial charge in [-0.3, -0.25) is 0 Å². The SMILES string of the molecule is O=C([O-])c1ccc2c3cccc4c(C(=O)[O-])ccc(c5cccc1c52)c43.[K+].[K+]. The number of hydrogen-bond donors (Lipinski definition) is 0. The first-order chi connectivity index (χ1) is 12.6. The summed E-state index contributed by atoms with van der Waals surface area (Å²) in [4.78, 5) is 23.0. The number of rotatable bonds is 2. The molecule has 0 atom stereocenters. The van der Waals surface area contributed by atoms with E-state index in [0.717, 1.165) is 32.3 Å². The Morgan fingerprint density at radius 3 is 1.18 bits per heavy atom. The summed E-state index contributed by atoms with van der Waals surface area (Å²) in [5.74, 6) is -2.44. The van der Waals surface area contributed by atoms with Gasteiger partial charge >= 0.3 is 103 Å². The molecule has 0 aliphatic carbocycles. The number of carboxylic acids is 2. The first kappa shape index (κ1) is 22.3. The van der Waals surface area contributed by atoms with E-state index in [-0.39, 0.29) is 114 Å². The van der Waals surface area contributed by atoms with E-state index in [1.54, 1.807) is 48.5 Å². The van der Waals surface area contributed by atoms with Crippen molar-refractivity contribution in [1.82, 2.24) is 0 Å². The van der Waals surface area contributed by atoms with Gasteiger partial charge < -0.3 is 19.8 Å². The molecule has 0 spiro atoms. The van der Waals surface area contributed by atoms with E-state index in [0.29, 0.717) is 10.8 Å². The third kappa shape index (κ3) is 3.20. The summed E-state index contributed by atoms with van der Waals surface area (Å²) in [6, 6.07) is 17.6. The minimum Gasteiger partial charge on any atom is -0.545 e. The predicted molar refractivity (Wildman–Crippen MR) is 96.3 cm³/mol. The molecule has 6 heteroatoms. The van der Waals surface area contributed by atoms with Crippen molar-refractivity contribution in [2.75, 3.05) is 0 Å². The molecule has 0 bridgehead atoms. The molecule has 0 aliphatic rings. The largest absolute Gasteiger partial charge is 1.00 e. The minimum absolute atomic E-state index is 0. The van der Waals surface area contributed by atoms with Gasteiger partial charge in [-0.25, -0.2) is 0 Å². The molecule has 4 nitrogen and oxygen atoms in total. The Morgan fingerprint density at radius 2 is 0.821 bits per heavy atom. The van der Waals surface area contributed by atoms with Crippen LogP contribution < -0.4 is 113 Å². The molecule has 0 radical (unpaired) electrons. The Balaban J connectivity index is 0.00000112. The number of aromatic carboxylic acids is 2. The average Bonchev–Trinajstić information content (AvgIpc) is 2.64. The zero-order chi connectivity index (χ0) is 18.0. The fourth-order valence-corrected chi connectivity index (χ4v) is 4.07. The van der Waals surface area contributed by atoms with Gasteiger partial charge in [-0.2, -0.15) is 0 Å². The second-order valence-electron chi connectivity index (χ2n) is 6.35. The van der Waals surface area contributed by atoms with Crippen LogP contribution in [0.15, 0.2) is 60.7 Å². The van der Waals surface area contributed by atoms with Gasteiger partial charge in [-0.15, -0.1) is 0 Å². The van der Waals surface area contributed by atoms with E-state index < -0.39 is 11.9 Å². The summed E-state index contributed by atoms with van der Waals surface area (Å²) in [5, 5.41) is 29.5. The average molecular weight is 417 g/mol. The van der Waals surface area contributed by atoms with Gasteiger partial charge in [0, 0.05) is 11.1 Å². The van der Waals surface area contributed by atoms with Gasteiger partial charge in [-0.1, -0.05) is 60.7 Å². The van der Waals surface area contributed by atoms with E-state index >= 15 is 0 Å². The van der Waals surface area contributed by atoms with Gasteiger partial charge in [0.2, 0.25) is 0 Å². The zero-order valence-electron chi connectivity index (χ0n) is 15.4. The van der Waals surface area contributed by atoms with E-state index in [1.807, 2.05) is 12.1 Å².